The normalized spacial score (nSPS) is 14.4. The molecule has 152 valence electrons. The van der Waals surface area contributed by atoms with Crippen molar-refractivity contribution in [2.45, 2.75) is 25.2 Å². The van der Waals surface area contributed by atoms with Crippen molar-refractivity contribution in [1.29, 1.82) is 0 Å². The molecule has 1 N–H and O–H groups in total. The topological polar surface area (TPSA) is 110 Å². The molecule has 29 heavy (non-hydrogen) atoms. The molecule has 0 fully saturated rings. The third-order valence-corrected chi connectivity index (χ3v) is 6.32. The molecular formula is C20H20N2O6S. The molecule has 9 heteroatoms. The highest BCUT2D eigenvalue weighted by Crippen LogP contribution is 2.30. The predicted octanol–water partition coefficient (Wildman–Crippen LogP) is 2.35. The summed E-state index contributed by atoms with van der Waals surface area (Å²) >= 11 is 0. The number of carbonyl (C=O) groups is 3. The van der Waals surface area contributed by atoms with Gasteiger partial charge in [-0.1, -0.05) is 18.2 Å². The molecule has 2 aromatic rings. The Kier molecular flexibility index (Phi) is 5.69. The highest BCUT2D eigenvalue weighted by Gasteiger charge is 2.40. The van der Waals surface area contributed by atoms with Crippen LogP contribution in [0.25, 0.3) is 0 Å². The van der Waals surface area contributed by atoms with E-state index >= 15 is 0 Å². The Hall–Kier alpha value is -3.20. The zero-order chi connectivity index (χ0) is 21.2. The lowest BCUT2D eigenvalue weighted by atomic mass is 10.1. The van der Waals surface area contributed by atoms with E-state index in [4.69, 9.17) is 4.74 Å². The Morgan fingerprint density at radius 3 is 2.55 bits per heavy atom. The average molecular weight is 416 g/mol. The number of hydrogen-bond acceptors (Lipinski definition) is 6. The molecule has 0 saturated carbocycles. The molecule has 0 radical (unpaired) electrons. The van der Waals surface area contributed by atoms with Crippen LogP contribution < -0.4 is 5.32 Å². The van der Waals surface area contributed by atoms with E-state index < -0.39 is 27.8 Å². The fourth-order valence-corrected chi connectivity index (χ4v) is 4.54. The van der Waals surface area contributed by atoms with Crippen molar-refractivity contribution in [3.05, 3.63) is 59.2 Å². The molecule has 0 unspecified atom stereocenters. The van der Waals surface area contributed by atoms with Crippen LogP contribution in [0.2, 0.25) is 0 Å². The maximum atomic E-state index is 12.5. The van der Waals surface area contributed by atoms with Crippen molar-refractivity contribution in [2.24, 2.45) is 0 Å². The van der Waals surface area contributed by atoms with Crippen LogP contribution in [0, 0.1) is 6.92 Å². The van der Waals surface area contributed by atoms with Gasteiger partial charge in [0.1, 0.15) is 4.90 Å². The first kappa shape index (κ1) is 20.5. The highest BCUT2D eigenvalue weighted by molar-refractivity contribution is 7.90. The van der Waals surface area contributed by atoms with E-state index in [9.17, 15) is 22.8 Å². The number of nitrogens with zero attached hydrogens (tertiary/aromatic N) is 1. The van der Waals surface area contributed by atoms with E-state index in [2.05, 4.69) is 5.32 Å². The second kappa shape index (κ2) is 8.04. The summed E-state index contributed by atoms with van der Waals surface area (Å²) in [7, 11) is -3.95. The van der Waals surface area contributed by atoms with Gasteiger partial charge >= 0.3 is 5.97 Å². The van der Waals surface area contributed by atoms with Crippen LogP contribution in [0.1, 0.15) is 39.6 Å². The van der Waals surface area contributed by atoms with Gasteiger partial charge in [-0.05, 0) is 43.7 Å². The number of fused-ring (bicyclic) bond motifs is 1. The van der Waals surface area contributed by atoms with Gasteiger partial charge in [0.15, 0.2) is 0 Å². The van der Waals surface area contributed by atoms with Crippen molar-refractivity contribution in [3.8, 4) is 0 Å². The zero-order valence-corrected chi connectivity index (χ0v) is 16.8. The summed E-state index contributed by atoms with van der Waals surface area (Å²) in [6.07, 6.45) is -0.220. The number of nitrogens with one attached hydrogen (secondary N) is 1. The van der Waals surface area contributed by atoms with Gasteiger partial charge in [-0.25, -0.2) is 17.5 Å². The zero-order valence-electron chi connectivity index (χ0n) is 16.0. The van der Waals surface area contributed by atoms with E-state index in [1.807, 2.05) is 0 Å². The molecule has 8 nitrogen and oxygen atoms in total. The first-order valence-electron chi connectivity index (χ1n) is 8.99. The average Bonchev–Trinajstić information content (AvgIpc) is 2.88. The van der Waals surface area contributed by atoms with E-state index in [1.54, 1.807) is 38.1 Å². The quantitative estimate of drug-likeness (QED) is 0.724. The summed E-state index contributed by atoms with van der Waals surface area (Å²) in [6, 6.07) is 10.7. The summed E-state index contributed by atoms with van der Waals surface area (Å²) < 4.78 is 30.7. The minimum absolute atomic E-state index is 0.0524. The number of hydrogen-bond donors (Lipinski definition) is 1. The molecule has 3 rings (SSSR count). The Labute approximate surface area is 168 Å². The first-order valence-corrected chi connectivity index (χ1v) is 10.4. The summed E-state index contributed by atoms with van der Waals surface area (Å²) in [5.41, 5.74) is 1.54. The van der Waals surface area contributed by atoms with Crippen molar-refractivity contribution in [2.75, 3.05) is 18.5 Å². The van der Waals surface area contributed by atoms with E-state index in [1.165, 1.54) is 18.2 Å². The maximum Gasteiger partial charge on any atom is 0.338 e. The Balaban J connectivity index is 1.69. The summed E-state index contributed by atoms with van der Waals surface area (Å²) in [6.45, 7) is 3.41. The number of benzene rings is 2. The van der Waals surface area contributed by atoms with Crippen molar-refractivity contribution in [1.82, 2.24) is 4.31 Å². The summed E-state index contributed by atoms with van der Waals surface area (Å²) in [5, 5.41) is 2.66. The summed E-state index contributed by atoms with van der Waals surface area (Å²) in [4.78, 5) is 36.6. The van der Waals surface area contributed by atoms with Crippen LogP contribution in [0.4, 0.5) is 5.69 Å². The lowest BCUT2D eigenvalue weighted by Crippen LogP contribution is -2.33. The molecule has 1 aliphatic heterocycles. The molecule has 1 heterocycles. The van der Waals surface area contributed by atoms with Crippen LogP contribution in [0.5, 0.6) is 0 Å². The van der Waals surface area contributed by atoms with Gasteiger partial charge in [0.25, 0.3) is 15.9 Å². The Bertz CT molecular complexity index is 1090. The first-order chi connectivity index (χ1) is 13.8. The monoisotopic (exact) mass is 416 g/mol. The third-order valence-electron chi connectivity index (χ3n) is 4.48. The fourth-order valence-electron chi connectivity index (χ4n) is 2.97. The standard InChI is InChI=1S/C20H20N2O6S/c1-3-28-20(25)14-9-8-13(2)16(12-14)21-18(23)10-11-22-19(24)15-6-4-5-7-17(15)29(22,26)27/h4-9,12H,3,10-11H2,1-2H3,(H,21,23). The smallest absolute Gasteiger partial charge is 0.338 e. The van der Waals surface area contributed by atoms with Gasteiger partial charge in [-0.15, -0.1) is 0 Å². The number of aryl methyl sites for hydroxylation is 1. The van der Waals surface area contributed by atoms with E-state index in [0.717, 1.165) is 5.56 Å². The van der Waals surface area contributed by atoms with Gasteiger partial charge < -0.3 is 10.1 Å². The molecule has 0 aromatic heterocycles. The Morgan fingerprint density at radius 1 is 1.14 bits per heavy atom. The number of ether oxygens (including phenoxy) is 1. The number of esters is 1. The molecule has 0 bridgehead atoms. The SMILES string of the molecule is CCOC(=O)c1ccc(C)c(NC(=O)CCN2C(=O)c3ccccc3S2(=O)=O)c1. The molecule has 0 aliphatic carbocycles. The van der Waals surface area contributed by atoms with Crippen LogP contribution in [0.3, 0.4) is 0 Å². The molecule has 2 amide bonds. The van der Waals surface area contributed by atoms with Gasteiger partial charge in [0.2, 0.25) is 5.91 Å². The van der Waals surface area contributed by atoms with Crippen molar-refractivity contribution < 1.29 is 27.5 Å². The van der Waals surface area contributed by atoms with Gasteiger partial charge in [0.05, 0.1) is 17.7 Å². The third kappa shape index (κ3) is 4.00. The minimum atomic E-state index is -3.95. The van der Waals surface area contributed by atoms with Crippen molar-refractivity contribution in [3.63, 3.8) is 0 Å². The van der Waals surface area contributed by atoms with Crippen LogP contribution in [0.15, 0.2) is 47.4 Å². The lowest BCUT2D eigenvalue weighted by molar-refractivity contribution is -0.116. The summed E-state index contributed by atoms with van der Waals surface area (Å²) in [5.74, 6) is -1.63. The van der Waals surface area contributed by atoms with Gasteiger partial charge in [-0.2, -0.15) is 0 Å². The molecule has 1 aliphatic rings. The molecule has 0 saturated heterocycles. The molecule has 0 spiro atoms. The molecule has 0 atom stereocenters. The number of anilines is 1. The van der Waals surface area contributed by atoms with E-state index in [-0.39, 0.29) is 30.0 Å². The molecule has 2 aromatic carbocycles. The van der Waals surface area contributed by atoms with Crippen LogP contribution in [-0.2, 0) is 19.6 Å². The second-order valence-corrected chi connectivity index (χ2v) is 8.26. The van der Waals surface area contributed by atoms with Crippen LogP contribution >= 0.6 is 0 Å². The largest absolute Gasteiger partial charge is 0.462 e. The number of rotatable bonds is 6. The maximum absolute atomic E-state index is 12.5. The second-order valence-electron chi connectivity index (χ2n) is 6.43. The Morgan fingerprint density at radius 2 is 1.86 bits per heavy atom. The fraction of sp³-hybridized carbons (Fsp3) is 0.250. The van der Waals surface area contributed by atoms with Gasteiger partial charge in [-0.3, -0.25) is 9.59 Å². The minimum Gasteiger partial charge on any atom is -0.462 e. The van der Waals surface area contributed by atoms with Gasteiger partial charge in [0, 0.05) is 18.7 Å². The number of sulfonamides is 1. The van der Waals surface area contributed by atoms with E-state index in [0.29, 0.717) is 15.6 Å². The number of amides is 2. The number of carbonyl (C=O) groups excluding carboxylic acids is 3. The highest BCUT2D eigenvalue weighted by atomic mass is 32.2. The predicted molar refractivity (Wildman–Crippen MR) is 105 cm³/mol. The lowest BCUT2D eigenvalue weighted by Gasteiger charge is -2.15. The van der Waals surface area contributed by atoms with Crippen LogP contribution in [-0.4, -0.2) is 43.7 Å². The molecular weight excluding hydrogens is 396 g/mol. The van der Waals surface area contributed by atoms with Crippen molar-refractivity contribution >= 4 is 33.5 Å².